The van der Waals surface area contributed by atoms with Gasteiger partial charge in [-0.1, -0.05) is 69.3 Å². The summed E-state index contributed by atoms with van der Waals surface area (Å²) in [5, 5.41) is 31.4. The Labute approximate surface area is 260 Å². The fourth-order valence-corrected chi connectivity index (χ4v) is 5.50. The molecule has 1 heterocycles. The summed E-state index contributed by atoms with van der Waals surface area (Å²) in [6, 6.07) is 25.0. The van der Waals surface area contributed by atoms with Gasteiger partial charge in [0.05, 0.1) is 17.7 Å². The maximum absolute atomic E-state index is 12.1. The third-order valence-corrected chi connectivity index (χ3v) is 8.22. The molecular weight excluding hydrogens is 550 g/mol. The molecule has 2 atom stereocenters. The molecule has 0 radical (unpaired) electrons. The number of aliphatic hydroxyl groups is 1. The molecule has 5 rings (SSSR count). The van der Waals surface area contributed by atoms with Crippen molar-refractivity contribution in [2.45, 2.75) is 77.0 Å². The number of benzene rings is 3. The van der Waals surface area contributed by atoms with E-state index in [1.807, 2.05) is 43.3 Å². The van der Waals surface area contributed by atoms with E-state index in [-0.39, 0.29) is 22.6 Å². The van der Waals surface area contributed by atoms with E-state index in [4.69, 9.17) is 0 Å². The fourth-order valence-electron chi connectivity index (χ4n) is 5.50. The first-order valence-corrected chi connectivity index (χ1v) is 15.2. The van der Waals surface area contributed by atoms with E-state index >= 15 is 0 Å². The van der Waals surface area contributed by atoms with Crippen molar-refractivity contribution in [3.63, 3.8) is 0 Å². The lowest BCUT2D eigenvalue weighted by Gasteiger charge is -2.28. The van der Waals surface area contributed by atoms with Crippen LogP contribution in [-0.4, -0.2) is 44.8 Å². The Bertz CT molecular complexity index is 1610. The Kier molecular flexibility index (Phi) is 9.04. The van der Waals surface area contributed by atoms with E-state index < -0.39 is 12.1 Å². The molecule has 1 aromatic heterocycles. The number of aromatic hydroxyl groups is 1. The minimum absolute atomic E-state index is 0.0655. The van der Waals surface area contributed by atoms with Gasteiger partial charge in [-0.05, 0) is 72.6 Å². The Balaban J connectivity index is 1.24. The molecule has 230 valence electrons. The van der Waals surface area contributed by atoms with E-state index in [0.29, 0.717) is 30.2 Å². The summed E-state index contributed by atoms with van der Waals surface area (Å²) in [7, 11) is 0. The van der Waals surface area contributed by atoms with Crippen LogP contribution in [0.15, 0.2) is 78.9 Å². The Hall–Kier alpha value is -4.27. The van der Waals surface area contributed by atoms with Crippen LogP contribution in [0, 0.1) is 6.92 Å². The lowest BCUT2D eigenvalue weighted by Crippen LogP contribution is -2.49. The van der Waals surface area contributed by atoms with Crippen molar-refractivity contribution >= 4 is 17.4 Å². The highest BCUT2D eigenvalue weighted by Crippen LogP contribution is 2.46. The number of amides is 1. The second kappa shape index (κ2) is 12.8. The van der Waals surface area contributed by atoms with Crippen LogP contribution < -0.4 is 16.0 Å². The minimum atomic E-state index is -0.767. The molecule has 8 heteroatoms. The Morgan fingerprint density at radius 3 is 2.36 bits per heavy atom. The van der Waals surface area contributed by atoms with Gasteiger partial charge in [0.15, 0.2) is 5.82 Å². The highest BCUT2D eigenvalue weighted by molar-refractivity contribution is 5.73. The summed E-state index contributed by atoms with van der Waals surface area (Å²) in [5.74, 6) is 1.01. The van der Waals surface area contributed by atoms with Crippen molar-refractivity contribution in [2.24, 2.45) is 0 Å². The highest BCUT2D eigenvalue weighted by atomic mass is 16.3. The van der Waals surface area contributed by atoms with Gasteiger partial charge in [0.1, 0.15) is 11.6 Å². The van der Waals surface area contributed by atoms with Gasteiger partial charge in [0, 0.05) is 36.5 Å². The maximum atomic E-state index is 12.1. The monoisotopic (exact) mass is 593 g/mol. The second-order valence-electron chi connectivity index (χ2n) is 12.9. The van der Waals surface area contributed by atoms with Gasteiger partial charge in [0.25, 0.3) is 0 Å². The SMILES string of the molecule is CC(=O)N[C@@H](Cc1ccc(Nc2cc(C)nc(-c3ccccc3O)n2)cc1)[C@H](O)CNC1(c2cccc(C(C)(C)C)c2)CC1. The molecule has 44 heavy (non-hydrogen) atoms. The van der Waals surface area contributed by atoms with E-state index in [1.54, 1.807) is 18.2 Å². The summed E-state index contributed by atoms with van der Waals surface area (Å²) in [6.45, 7) is 10.4. The molecule has 1 saturated carbocycles. The summed E-state index contributed by atoms with van der Waals surface area (Å²) in [6.07, 6.45) is 1.76. The zero-order valence-electron chi connectivity index (χ0n) is 26.2. The number of anilines is 2. The van der Waals surface area contributed by atoms with Crippen LogP contribution in [0.3, 0.4) is 0 Å². The number of carbonyl (C=O) groups excluding carboxylic acids is 1. The molecule has 8 nitrogen and oxygen atoms in total. The third kappa shape index (κ3) is 7.62. The number of para-hydroxylation sites is 1. The lowest BCUT2D eigenvalue weighted by atomic mass is 9.85. The molecule has 0 saturated heterocycles. The van der Waals surface area contributed by atoms with Gasteiger partial charge >= 0.3 is 0 Å². The zero-order valence-corrected chi connectivity index (χ0v) is 26.2. The largest absolute Gasteiger partial charge is 0.507 e. The number of aryl methyl sites for hydroxylation is 1. The van der Waals surface area contributed by atoms with Crippen molar-refractivity contribution in [1.82, 2.24) is 20.6 Å². The maximum Gasteiger partial charge on any atom is 0.217 e. The Morgan fingerprint density at radius 1 is 0.977 bits per heavy atom. The fraction of sp³-hybridized carbons (Fsp3) is 0.361. The summed E-state index contributed by atoms with van der Waals surface area (Å²) in [5.41, 5.74) is 5.64. The average Bonchev–Trinajstić information content (AvgIpc) is 3.77. The van der Waals surface area contributed by atoms with Gasteiger partial charge in [-0.2, -0.15) is 0 Å². The molecule has 0 bridgehead atoms. The van der Waals surface area contributed by atoms with Crippen LogP contribution in [-0.2, 0) is 22.2 Å². The molecular formula is C36H43N5O3. The van der Waals surface area contributed by atoms with E-state index in [1.165, 1.54) is 18.1 Å². The lowest BCUT2D eigenvalue weighted by molar-refractivity contribution is -0.120. The van der Waals surface area contributed by atoms with Crippen LogP contribution in [0.4, 0.5) is 11.5 Å². The first kappa shape index (κ1) is 31.2. The van der Waals surface area contributed by atoms with Crippen LogP contribution in [0.1, 0.15) is 62.9 Å². The summed E-state index contributed by atoms with van der Waals surface area (Å²) >= 11 is 0. The second-order valence-corrected chi connectivity index (χ2v) is 12.9. The summed E-state index contributed by atoms with van der Waals surface area (Å²) < 4.78 is 0. The first-order chi connectivity index (χ1) is 20.9. The average molecular weight is 594 g/mol. The van der Waals surface area contributed by atoms with E-state index in [9.17, 15) is 15.0 Å². The molecule has 0 spiro atoms. The number of hydrogen-bond donors (Lipinski definition) is 5. The van der Waals surface area contributed by atoms with Gasteiger partial charge in [-0.25, -0.2) is 9.97 Å². The molecule has 1 fully saturated rings. The van der Waals surface area contributed by atoms with Crippen LogP contribution in [0.2, 0.25) is 0 Å². The first-order valence-electron chi connectivity index (χ1n) is 15.2. The van der Waals surface area contributed by atoms with Crippen molar-refractivity contribution in [3.05, 3.63) is 101 Å². The number of rotatable bonds is 11. The molecule has 1 aliphatic carbocycles. The van der Waals surface area contributed by atoms with E-state index in [2.05, 4.69) is 71.0 Å². The predicted octanol–water partition coefficient (Wildman–Crippen LogP) is 5.89. The topological polar surface area (TPSA) is 119 Å². The number of aliphatic hydroxyl groups excluding tert-OH is 1. The number of carbonyl (C=O) groups is 1. The summed E-state index contributed by atoms with van der Waals surface area (Å²) in [4.78, 5) is 21.2. The van der Waals surface area contributed by atoms with Crippen molar-refractivity contribution < 1.29 is 15.0 Å². The van der Waals surface area contributed by atoms with Crippen molar-refractivity contribution in [2.75, 3.05) is 11.9 Å². The number of phenolic OH excluding ortho intramolecular Hbond substituents is 1. The quantitative estimate of drug-likeness (QED) is 0.147. The standard InChI is InChI=1S/C36H43N5O3/c1-23-19-33(41-34(38-23)29-11-6-7-12-31(29)43)40-28-15-13-25(14-16-28)20-30(39-24(2)42)32(44)22-37-36(17-18-36)27-10-8-9-26(21-27)35(3,4)5/h6-16,19,21,30,32,37,43-44H,17-18,20,22H2,1-5H3,(H,39,42)(H,38,40,41)/t30-,32+/m0/s1. The van der Waals surface area contributed by atoms with Gasteiger partial charge in [-0.15, -0.1) is 0 Å². The van der Waals surface area contributed by atoms with Crippen molar-refractivity contribution in [3.8, 4) is 17.1 Å². The number of nitrogens with zero attached hydrogens (tertiary/aromatic N) is 2. The van der Waals surface area contributed by atoms with Crippen LogP contribution in [0.5, 0.6) is 5.75 Å². The molecule has 1 amide bonds. The third-order valence-electron chi connectivity index (χ3n) is 8.22. The normalized spacial score (nSPS) is 15.3. The number of nitrogens with one attached hydrogen (secondary N) is 3. The number of hydrogen-bond acceptors (Lipinski definition) is 7. The van der Waals surface area contributed by atoms with Crippen molar-refractivity contribution in [1.29, 1.82) is 0 Å². The zero-order chi connectivity index (χ0) is 31.5. The van der Waals surface area contributed by atoms with Gasteiger partial charge in [-0.3, -0.25) is 4.79 Å². The van der Waals surface area contributed by atoms with E-state index in [0.717, 1.165) is 29.8 Å². The number of phenols is 1. The highest BCUT2D eigenvalue weighted by Gasteiger charge is 2.44. The van der Waals surface area contributed by atoms with Gasteiger partial charge < -0.3 is 26.2 Å². The molecule has 1 aliphatic rings. The Morgan fingerprint density at radius 2 is 1.70 bits per heavy atom. The van der Waals surface area contributed by atoms with Gasteiger partial charge in [0.2, 0.25) is 5.91 Å². The molecule has 3 aromatic carbocycles. The van der Waals surface area contributed by atoms with Crippen LogP contribution in [0.25, 0.3) is 11.4 Å². The molecule has 5 N–H and O–H groups in total. The number of aromatic nitrogens is 2. The van der Waals surface area contributed by atoms with Crippen LogP contribution >= 0.6 is 0 Å². The minimum Gasteiger partial charge on any atom is -0.507 e. The predicted molar refractivity (Wildman–Crippen MR) is 175 cm³/mol. The molecule has 4 aromatic rings. The molecule has 0 aliphatic heterocycles. The molecule has 0 unspecified atom stereocenters. The smallest absolute Gasteiger partial charge is 0.217 e.